The fourth-order valence-electron chi connectivity index (χ4n) is 2.94. The van der Waals surface area contributed by atoms with Crippen molar-refractivity contribution in [3.63, 3.8) is 0 Å². The van der Waals surface area contributed by atoms with Crippen LogP contribution in [0.3, 0.4) is 0 Å². The Labute approximate surface area is 87.8 Å². The van der Waals surface area contributed by atoms with E-state index < -0.39 is 0 Å². The first-order valence-electron chi connectivity index (χ1n) is 4.85. The largest absolute Gasteiger partial charge is 0.469 e. The molecular weight excluding hydrogens is 204 g/mol. The summed E-state index contributed by atoms with van der Waals surface area (Å²) in [4.78, 5) is 22.9. The van der Waals surface area contributed by atoms with Gasteiger partial charge in [0.1, 0.15) is 5.78 Å². The number of carbonyl (C=O) groups is 2. The highest BCUT2D eigenvalue weighted by Gasteiger charge is 2.54. The third kappa shape index (κ3) is 1.26. The van der Waals surface area contributed by atoms with Gasteiger partial charge in [-0.2, -0.15) is 0 Å². The second-order valence-corrected chi connectivity index (χ2v) is 4.45. The van der Waals surface area contributed by atoms with Crippen LogP contribution in [-0.4, -0.2) is 24.7 Å². The number of Topliss-reactive ketones (excluding diaryl/α,β-unsaturated/α-hetero) is 1. The number of ketones is 1. The second kappa shape index (κ2) is 3.54. The average Bonchev–Trinajstić information content (AvgIpc) is 2.71. The van der Waals surface area contributed by atoms with Crippen LogP contribution in [0.25, 0.3) is 0 Å². The Morgan fingerprint density at radius 2 is 2.36 bits per heavy atom. The van der Waals surface area contributed by atoms with Crippen LogP contribution < -0.4 is 0 Å². The highest BCUT2D eigenvalue weighted by atomic mass is 35.5. The third-order valence-corrected chi connectivity index (χ3v) is 3.93. The lowest BCUT2D eigenvalue weighted by atomic mass is 9.80. The molecule has 2 rings (SSSR count). The Morgan fingerprint density at radius 1 is 1.64 bits per heavy atom. The molecule has 78 valence electrons. The van der Waals surface area contributed by atoms with Crippen LogP contribution in [0, 0.1) is 23.7 Å². The zero-order valence-electron chi connectivity index (χ0n) is 8.03. The number of hydrogen-bond donors (Lipinski definition) is 0. The maximum Gasteiger partial charge on any atom is 0.309 e. The van der Waals surface area contributed by atoms with Crippen molar-refractivity contribution in [1.29, 1.82) is 0 Å². The summed E-state index contributed by atoms with van der Waals surface area (Å²) >= 11 is 5.80. The zero-order chi connectivity index (χ0) is 10.3. The van der Waals surface area contributed by atoms with Gasteiger partial charge in [0.05, 0.1) is 13.0 Å². The minimum Gasteiger partial charge on any atom is -0.469 e. The Hall–Kier alpha value is -0.570. The average molecular weight is 217 g/mol. The van der Waals surface area contributed by atoms with E-state index in [0.717, 1.165) is 6.42 Å². The van der Waals surface area contributed by atoms with Crippen molar-refractivity contribution < 1.29 is 14.3 Å². The molecule has 0 spiro atoms. The van der Waals surface area contributed by atoms with Crippen molar-refractivity contribution in [2.24, 2.45) is 23.7 Å². The Bertz CT molecular complexity index is 277. The fourth-order valence-corrected chi connectivity index (χ4v) is 3.35. The lowest BCUT2D eigenvalue weighted by Crippen LogP contribution is -2.35. The summed E-state index contributed by atoms with van der Waals surface area (Å²) in [6.07, 6.45) is 1.37. The fraction of sp³-hybridized carbons (Fsp3) is 0.800. The van der Waals surface area contributed by atoms with E-state index >= 15 is 0 Å². The Balaban J connectivity index is 2.20. The van der Waals surface area contributed by atoms with Gasteiger partial charge in [-0.15, -0.1) is 11.6 Å². The number of fused-ring (bicyclic) bond motifs is 2. The van der Waals surface area contributed by atoms with E-state index in [-0.39, 0.29) is 35.4 Å². The van der Waals surface area contributed by atoms with Crippen molar-refractivity contribution >= 4 is 23.4 Å². The van der Waals surface area contributed by atoms with E-state index in [1.165, 1.54) is 7.11 Å². The number of carbonyl (C=O) groups excluding carboxylic acids is 2. The monoisotopic (exact) mass is 216 g/mol. The highest BCUT2D eigenvalue weighted by Crippen LogP contribution is 2.51. The molecule has 0 radical (unpaired) electrons. The number of ether oxygens (including phenoxy) is 1. The van der Waals surface area contributed by atoms with Crippen molar-refractivity contribution in [2.75, 3.05) is 13.0 Å². The first-order chi connectivity index (χ1) is 6.69. The lowest BCUT2D eigenvalue weighted by molar-refractivity contribution is -0.149. The number of alkyl halides is 1. The van der Waals surface area contributed by atoms with Crippen LogP contribution in [0.1, 0.15) is 12.8 Å². The highest BCUT2D eigenvalue weighted by molar-refractivity contribution is 6.18. The van der Waals surface area contributed by atoms with Gasteiger partial charge >= 0.3 is 5.97 Å². The van der Waals surface area contributed by atoms with Crippen LogP contribution in [0.5, 0.6) is 0 Å². The predicted molar refractivity (Wildman–Crippen MR) is 50.9 cm³/mol. The molecule has 3 nitrogen and oxygen atoms in total. The van der Waals surface area contributed by atoms with Gasteiger partial charge in [-0.3, -0.25) is 9.59 Å². The van der Waals surface area contributed by atoms with Gasteiger partial charge in [0.2, 0.25) is 0 Å². The first kappa shape index (κ1) is 9.97. The zero-order valence-corrected chi connectivity index (χ0v) is 8.79. The molecule has 2 aliphatic rings. The van der Waals surface area contributed by atoms with Gasteiger partial charge in [0.15, 0.2) is 0 Å². The van der Waals surface area contributed by atoms with Gasteiger partial charge < -0.3 is 4.74 Å². The normalized spacial score (nSPS) is 40.3. The van der Waals surface area contributed by atoms with E-state index in [2.05, 4.69) is 0 Å². The summed E-state index contributed by atoms with van der Waals surface area (Å²) in [7, 11) is 1.39. The molecule has 4 atom stereocenters. The molecular formula is C10H13ClO3. The maximum absolute atomic E-state index is 11.5. The number of methoxy groups -OCH3 is 1. The molecule has 0 aromatic rings. The molecule has 2 bridgehead atoms. The Kier molecular flexibility index (Phi) is 2.52. The molecule has 0 saturated heterocycles. The van der Waals surface area contributed by atoms with E-state index in [1.54, 1.807) is 0 Å². The minimum absolute atomic E-state index is 0.00960. The quantitative estimate of drug-likeness (QED) is 0.515. The predicted octanol–water partition coefficient (Wildman–Crippen LogP) is 1.24. The minimum atomic E-state index is -0.198. The third-order valence-electron chi connectivity index (χ3n) is 3.57. The molecule has 2 fully saturated rings. The van der Waals surface area contributed by atoms with Gasteiger partial charge in [-0.1, -0.05) is 0 Å². The van der Waals surface area contributed by atoms with Crippen molar-refractivity contribution in [3.8, 4) is 0 Å². The summed E-state index contributed by atoms with van der Waals surface area (Å²) in [5.74, 6) is 0.532. The van der Waals surface area contributed by atoms with Crippen LogP contribution in [0.15, 0.2) is 0 Å². The van der Waals surface area contributed by atoms with Gasteiger partial charge in [0, 0.05) is 18.2 Å². The number of halogens is 1. The molecule has 2 aliphatic carbocycles. The summed E-state index contributed by atoms with van der Waals surface area (Å²) in [6, 6.07) is 0. The maximum atomic E-state index is 11.5. The van der Waals surface area contributed by atoms with Crippen LogP contribution in [0.2, 0.25) is 0 Å². The Morgan fingerprint density at radius 3 is 2.93 bits per heavy atom. The molecule has 0 heterocycles. The number of esters is 1. The van der Waals surface area contributed by atoms with Crippen molar-refractivity contribution in [1.82, 2.24) is 0 Å². The molecule has 4 heteroatoms. The molecule has 0 unspecified atom stereocenters. The topological polar surface area (TPSA) is 43.4 Å². The smallest absolute Gasteiger partial charge is 0.309 e. The van der Waals surface area contributed by atoms with Gasteiger partial charge in [-0.05, 0) is 18.3 Å². The standard InChI is InChI=1S/C10H13ClO3/c1-14-10(13)9-5-2-6(7(9)4-11)8(12)3-5/h5-7,9H,2-4H2,1H3/t5-,6-,7-,9-/m1/s1. The van der Waals surface area contributed by atoms with Crippen LogP contribution in [-0.2, 0) is 14.3 Å². The molecule has 0 N–H and O–H groups in total. The second-order valence-electron chi connectivity index (χ2n) is 4.14. The molecule has 14 heavy (non-hydrogen) atoms. The molecule has 0 aromatic heterocycles. The van der Waals surface area contributed by atoms with Crippen LogP contribution in [0.4, 0.5) is 0 Å². The van der Waals surface area contributed by atoms with Crippen molar-refractivity contribution in [2.45, 2.75) is 12.8 Å². The van der Waals surface area contributed by atoms with E-state index in [4.69, 9.17) is 16.3 Å². The molecule has 0 aromatic carbocycles. The molecule has 2 saturated carbocycles. The number of rotatable bonds is 2. The van der Waals surface area contributed by atoms with Crippen LogP contribution >= 0.6 is 11.6 Å². The van der Waals surface area contributed by atoms with E-state index in [1.807, 2.05) is 0 Å². The summed E-state index contributed by atoms with van der Waals surface area (Å²) in [5, 5.41) is 0. The van der Waals surface area contributed by atoms with Gasteiger partial charge in [0.25, 0.3) is 0 Å². The first-order valence-corrected chi connectivity index (χ1v) is 5.39. The summed E-state index contributed by atoms with van der Waals surface area (Å²) < 4.78 is 4.75. The van der Waals surface area contributed by atoms with E-state index in [0.29, 0.717) is 12.3 Å². The summed E-state index contributed by atoms with van der Waals surface area (Å²) in [5.41, 5.74) is 0. The molecule has 0 amide bonds. The summed E-state index contributed by atoms with van der Waals surface area (Å²) in [6.45, 7) is 0. The van der Waals surface area contributed by atoms with Gasteiger partial charge in [-0.25, -0.2) is 0 Å². The van der Waals surface area contributed by atoms with E-state index in [9.17, 15) is 9.59 Å². The SMILES string of the molecule is COC(=O)[C@@H]1[C@H]2CC(=O)[C@H](C2)[C@H]1CCl. The number of hydrogen-bond acceptors (Lipinski definition) is 3. The molecule has 0 aliphatic heterocycles. The van der Waals surface area contributed by atoms with Crippen molar-refractivity contribution in [3.05, 3.63) is 0 Å². The lowest BCUT2D eigenvalue weighted by Gasteiger charge is -2.26.